The third-order valence-electron chi connectivity index (χ3n) is 3.76. The standard InChI is InChI=1S/C15H20N6/c1-10-9-18-7-8-21(10)13-12(11-5-3-2-4-6-11)19-15(17)20-14(13)16/h2-6,10,18H,7-9H2,1H3,(H4,16,17,19,20). The molecule has 1 aromatic carbocycles. The number of rotatable bonds is 2. The summed E-state index contributed by atoms with van der Waals surface area (Å²) < 4.78 is 0. The first-order valence-corrected chi connectivity index (χ1v) is 7.12. The molecule has 5 N–H and O–H groups in total. The first-order chi connectivity index (χ1) is 10.2. The van der Waals surface area contributed by atoms with Crippen LogP contribution in [0.15, 0.2) is 30.3 Å². The van der Waals surface area contributed by atoms with E-state index >= 15 is 0 Å². The second-order valence-corrected chi connectivity index (χ2v) is 5.28. The number of nitrogens with one attached hydrogen (secondary N) is 1. The molecule has 2 aromatic rings. The molecule has 6 nitrogen and oxygen atoms in total. The fourth-order valence-electron chi connectivity index (χ4n) is 2.74. The van der Waals surface area contributed by atoms with Gasteiger partial charge >= 0.3 is 0 Å². The number of hydrogen-bond donors (Lipinski definition) is 3. The smallest absolute Gasteiger partial charge is 0.222 e. The summed E-state index contributed by atoms with van der Waals surface area (Å²) in [6, 6.07) is 10.3. The molecule has 0 radical (unpaired) electrons. The highest BCUT2D eigenvalue weighted by molar-refractivity contribution is 5.83. The van der Waals surface area contributed by atoms with Gasteiger partial charge in [0.1, 0.15) is 11.4 Å². The minimum atomic E-state index is 0.206. The van der Waals surface area contributed by atoms with Crippen molar-refractivity contribution in [1.82, 2.24) is 15.3 Å². The van der Waals surface area contributed by atoms with E-state index in [1.165, 1.54) is 0 Å². The third kappa shape index (κ3) is 2.62. The molecule has 6 heteroatoms. The van der Waals surface area contributed by atoms with Gasteiger partial charge in [-0.15, -0.1) is 0 Å². The van der Waals surface area contributed by atoms with Crippen molar-refractivity contribution < 1.29 is 0 Å². The predicted octanol–water partition coefficient (Wildman–Crippen LogP) is 1.11. The SMILES string of the molecule is CC1CNCCN1c1c(N)nc(N)nc1-c1ccccc1. The molecule has 1 aromatic heterocycles. The maximum atomic E-state index is 6.16. The fraction of sp³-hybridized carbons (Fsp3) is 0.333. The van der Waals surface area contributed by atoms with E-state index in [0.717, 1.165) is 36.6 Å². The number of nitrogens with zero attached hydrogens (tertiary/aromatic N) is 3. The Balaban J connectivity index is 2.14. The Morgan fingerprint density at radius 3 is 2.67 bits per heavy atom. The van der Waals surface area contributed by atoms with Gasteiger partial charge in [-0.3, -0.25) is 0 Å². The van der Waals surface area contributed by atoms with E-state index < -0.39 is 0 Å². The van der Waals surface area contributed by atoms with Crippen molar-refractivity contribution >= 4 is 17.5 Å². The van der Waals surface area contributed by atoms with Crippen LogP contribution in [0.3, 0.4) is 0 Å². The molecule has 0 bridgehead atoms. The molecule has 1 aliphatic rings. The summed E-state index contributed by atoms with van der Waals surface area (Å²) in [4.78, 5) is 10.8. The first-order valence-electron chi connectivity index (χ1n) is 7.12. The zero-order valence-electron chi connectivity index (χ0n) is 12.1. The average molecular weight is 284 g/mol. The Labute approximate surface area is 124 Å². The van der Waals surface area contributed by atoms with E-state index in [1.54, 1.807) is 0 Å². The second-order valence-electron chi connectivity index (χ2n) is 5.28. The summed E-state index contributed by atoms with van der Waals surface area (Å²) in [6.45, 7) is 4.87. The Kier molecular flexibility index (Phi) is 3.62. The van der Waals surface area contributed by atoms with E-state index in [9.17, 15) is 0 Å². The minimum Gasteiger partial charge on any atom is -0.382 e. The summed E-state index contributed by atoms with van der Waals surface area (Å²) in [5.41, 5.74) is 14.6. The van der Waals surface area contributed by atoms with Gasteiger partial charge in [-0.05, 0) is 6.92 Å². The highest BCUT2D eigenvalue weighted by atomic mass is 15.2. The van der Waals surface area contributed by atoms with Gasteiger partial charge in [0.05, 0.1) is 0 Å². The normalized spacial score (nSPS) is 18.7. The lowest BCUT2D eigenvalue weighted by molar-refractivity contribution is 0.501. The van der Waals surface area contributed by atoms with Crippen LogP contribution in [0.2, 0.25) is 0 Å². The van der Waals surface area contributed by atoms with Crippen molar-refractivity contribution in [2.45, 2.75) is 13.0 Å². The Hall–Kier alpha value is -2.34. The molecule has 0 amide bonds. The lowest BCUT2D eigenvalue weighted by Gasteiger charge is -2.37. The largest absolute Gasteiger partial charge is 0.382 e. The number of nitrogen functional groups attached to an aromatic ring is 2. The Bertz CT molecular complexity index is 628. The number of piperazine rings is 1. The third-order valence-corrected chi connectivity index (χ3v) is 3.76. The van der Waals surface area contributed by atoms with E-state index in [2.05, 4.69) is 27.1 Å². The molecule has 2 heterocycles. The molecule has 1 atom stereocenters. The van der Waals surface area contributed by atoms with Crippen LogP contribution >= 0.6 is 0 Å². The summed E-state index contributed by atoms with van der Waals surface area (Å²) in [5.74, 6) is 0.646. The minimum absolute atomic E-state index is 0.206. The molecule has 3 rings (SSSR count). The van der Waals surface area contributed by atoms with Crippen molar-refractivity contribution in [3.8, 4) is 11.3 Å². The van der Waals surface area contributed by atoms with Gasteiger partial charge in [-0.1, -0.05) is 30.3 Å². The van der Waals surface area contributed by atoms with Crippen molar-refractivity contribution in [1.29, 1.82) is 0 Å². The number of nitrogens with two attached hydrogens (primary N) is 2. The van der Waals surface area contributed by atoms with Crippen LogP contribution in [0.1, 0.15) is 6.92 Å². The van der Waals surface area contributed by atoms with E-state index in [1.807, 2.05) is 30.3 Å². The van der Waals surface area contributed by atoms with Crippen molar-refractivity contribution in [3.05, 3.63) is 30.3 Å². The van der Waals surface area contributed by atoms with E-state index in [4.69, 9.17) is 11.5 Å². The quantitative estimate of drug-likeness (QED) is 0.765. The van der Waals surface area contributed by atoms with Gasteiger partial charge < -0.3 is 21.7 Å². The van der Waals surface area contributed by atoms with Gasteiger partial charge in [-0.25, -0.2) is 4.98 Å². The maximum Gasteiger partial charge on any atom is 0.222 e. The van der Waals surface area contributed by atoms with Crippen LogP contribution in [-0.2, 0) is 0 Å². The van der Waals surface area contributed by atoms with Crippen LogP contribution in [0, 0.1) is 0 Å². The Morgan fingerprint density at radius 2 is 1.95 bits per heavy atom. The molecule has 0 saturated carbocycles. The summed E-state index contributed by atoms with van der Waals surface area (Å²) in [5, 5.41) is 3.38. The molecule has 0 spiro atoms. The van der Waals surface area contributed by atoms with Crippen LogP contribution < -0.4 is 21.7 Å². The summed E-state index contributed by atoms with van der Waals surface area (Å²) >= 11 is 0. The Morgan fingerprint density at radius 1 is 1.19 bits per heavy atom. The van der Waals surface area contributed by atoms with Crippen LogP contribution in [-0.4, -0.2) is 35.6 Å². The van der Waals surface area contributed by atoms with E-state index in [-0.39, 0.29) is 5.95 Å². The first kappa shape index (κ1) is 13.6. The lowest BCUT2D eigenvalue weighted by Crippen LogP contribution is -2.50. The van der Waals surface area contributed by atoms with Crippen molar-refractivity contribution in [2.24, 2.45) is 0 Å². The number of anilines is 3. The van der Waals surface area contributed by atoms with Crippen molar-refractivity contribution in [3.63, 3.8) is 0 Å². The van der Waals surface area contributed by atoms with Crippen LogP contribution in [0.4, 0.5) is 17.5 Å². The van der Waals surface area contributed by atoms with Gasteiger partial charge in [0.15, 0.2) is 5.82 Å². The molecular formula is C15H20N6. The molecule has 21 heavy (non-hydrogen) atoms. The fourth-order valence-corrected chi connectivity index (χ4v) is 2.74. The predicted molar refractivity (Wildman–Crippen MR) is 86.0 cm³/mol. The number of aromatic nitrogens is 2. The number of hydrogen-bond acceptors (Lipinski definition) is 6. The highest BCUT2D eigenvalue weighted by Crippen LogP contribution is 2.35. The molecular weight excluding hydrogens is 264 g/mol. The topological polar surface area (TPSA) is 93.1 Å². The molecule has 1 unspecified atom stereocenters. The number of benzene rings is 1. The lowest BCUT2D eigenvalue weighted by atomic mass is 10.1. The zero-order valence-corrected chi connectivity index (χ0v) is 12.1. The average Bonchev–Trinajstić information content (AvgIpc) is 2.49. The monoisotopic (exact) mass is 284 g/mol. The maximum absolute atomic E-state index is 6.16. The summed E-state index contributed by atoms with van der Waals surface area (Å²) in [7, 11) is 0. The van der Waals surface area contributed by atoms with Crippen molar-refractivity contribution in [2.75, 3.05) is 36.0 Å². The van der Waals surface area contributed by atoms with Crippen LogP contribution in [0.25, 0.3) is 11.3 Å². The van der Waals surface area contributed by atoms with Gasteiger partial charge in [0.2, 0.25) is 5.95 Å². The molecule has 1 fully saturated rings. The van der Waals surface area contributed by atoms with E-state index in [0.29, 0.717) is 11.9 Å². The van der Waals surface area contributed by atoms with Gasteiger partial charge in [-0.2, -0.15) is 4.98 Å². The zero-order chi connectivity index (χ0) is 14.8. The molecule has 110 valence electrons. The summed E-state index contributed by atoms with van der Waals surface area (Å²) in [6.07, 6.45) is 0. The molecule has 1 saturated heterocycles. The molecule has 1 aliphatic heterocycles. The van der Waals surface area contributed by atoms with Gasteiger partial charge in [0.25, 0.3) is 0 Å². The van der Waals surface area contributed by atoms with Gasteiger partial charge in [0, 0.05) is 31.2 Å². The molecule has 0 aliphatic carbocycles. The second kappa shape index (κ2) is 5.57. The van der Waals surface area contributed by atoms with Crippen LogP contribution in [0.5, 0.6) is 0 Å². The highest BCUT2D eigenvalue weighted by Gasteiger charge is 2.25.